The van der Waals surface area contributed by atoms with Gasteiger partial charge in [-0.3, -0.25) is 0 Å². The lowest BCUT2D eigenvalue weighted by molar-refractivity contribution is 0.308. The van der Waals surface area contributed by atoms with Crippen molar-refractivity contribution in [2.45, 2.75) is 6.92 Å². The van der Waals surface area contributed by atoms with E-state index in [1.807, 2.05) is 0 Å². The minimum Gasteiger partial charge on any atom is -0.362 e. The molecule has 9 heavy (non-hydrogen) atoms. The molecule has 0 aromatic rings. The van der Waals surface area contributed by atoms with Crippen molar-refractivity contribution in [1.29, 1.82) is 0 Å². The van der Waals surface area contributed by atoms with E-state index in [-0.39, 0.29) is 8.41 Å². The third-order valence-electron chi connectivity index (χ3n) is 1.34. The Morgan fingerprint density at radius 1 is 1.44 bits per heavy atom. The first-order valence-electron chi connectivity index (χ1n) is 2.95. The third kappa shape index (κ3) is 2.00. The van der Waals surface area contributed by atoms with E-state index in [9.17, 15) is 0 Å². The minimum atomic E-state index is 0. The third-order valence-corrected chi connectivity index (χ3v) is 1.34. The van der Waals surface area contributed by atoms with Crippen molar-refractivity contribution in [2.24, 2.45) is 0 Å². The Kier molecular flexibility index (Phi) is 3.21. The Morgan fingerprint density at radius 2 is 2.11 bits per heavy atom. The molecule has 1 aliphatic rings. The molecule has 0 spiro atoms. The fraction of sp³-hybridized carbons (Fsp3) is 0.667. The normalized spacial score (nSPS) is 16.2. The van der Waals surface area contributed by atoms with Crippen LogP contribution >= 0.6 is 0 Å². The first kappa shape index (κ1) is 8.40. The van der Waals surface area contributed by atoms with Gasteiger partial charge in [-0.2, -0.15) is 0 Å². The fourth-order valence-corrected chi connectivity index (χ4v) is 0.794. The molecular weight excluding hydrogens is 111 g/mol. The van der Waals surface area contributed by atoms with Crippen molar-refractivity contribution < 1.29 is 0 Å². The molecule has 0 bridgehead atoms. The van der Waals surface area contributed by atoms with Crippen molar-refractivity contribution in [2.75, 3.05) is 20.3 Å². The number of rotatable bonds is 1. The molecule has 1 aliphatic heterocycles. The van der Waals surface area contributed by atoms with Crippen LogP contribution in [0.15, 0.2) is 12.4 Å². The zero-order valence-corrected chi connectivity index (χ0v) is 5.46. The second-order valence-electron chi connectivity index (χ2n) is 2.10. The summed E-state index contributed by atoms with van der Waals surface area (Å²) in [5.74, 6) is 0. The number of hydrogen-bond donors (Lipinski definition) is 0. The highest BCUT2D eigenvalue weighted by Crippen LogP contribution is 2.00. The Balaban J connectivity index is 0.000000640. The van der Waals surface area contributed by atoms with E-state index in [1.54, 1.807) is 0 Å². The highest BCUT2D eigenvalue weighted by atomic mass is 15.3. The summed E-state index contributed by atoms with van der Waals surface area (Å²) in [6.07, 6.45) is 4.20. The van der Waals surface area contributed by atoms with E-state index in [4.69, 9.17) is 0 Å². The van der Waals surface area contributed by atoms with Crippen LogP contribution in [0.3, 0.4) is 0 Å². The maximum atomic E-state index is 2.25. The van der Waals surface area contributed by atoms with Gasteiger partial charge < -0.3 is 9.80 Å². The second kappa shape index (κ2) is 3.43. The van der Waals surface area contributed by atoms with Crippen LogP contribution in [-0.4, -0.2) is 38.5 Å². The minimum absolute atomic E-state index is 0. The molecule has 52 valence electrons. The lowest BCUT2D eigenvalue weighted by Crippen LogP contribution is -2.21. The molecule has 0 saturated carbocycles. The molecule has 0 amide bonds. The lowest BCUT2D eigenvalue weighted by atomic mass is 10.6. The van der Waals surface area contributed by atoms with Crippen molar-refractivity contribution in [1.82, 2.24) is 9.80 Å². The smallest absolute Gasteiger partial charge is 0.0890 e. The maximum Gasteiger partial charge on any atom is 0.0890 e. The summed E-state index contributed by atoms with van der Waals surface area (Å²) in [6.45, 7) is 4.32. The maximum absolute atomic E-state index is 2.25. The van der Waals surface area contributed by atoms with E-state index >= 15 is 0 Å². The number of hydrogen-bond acceptors (Lipinski definition) is 2. The van der Waals surface area contributed by atoms with Crippen molar-refractivity contribution in [3.05, 3.63) is 12.4 Å². The number of nitrogens with zero attached hydrogens (tertiary/aromatic N) is 2. The van der Waals surface area contributed by atoms with E-state index in [0.29, 0.717) is 0 Å². The molecule has 0 unspecified atom stereocenters. The first-order valence-corrected chi connectivity index (χ1v) is 2.95. The fourth-order valence-electron chi connectivity index (χ4n) is 0.794. The zero-order chi connectivity index (χ0) is 5.98. The Hall–Kier alpha value is -0.595. The molecule has 1 rings (SSSR count). The lowest BCUT2D eigenvalue weighted by Gasteiger charge is -2.14. The van der Waals surface area contributed by atoms with E-state index in [1.165, 1.54) is 0 Å². The molecule has 1 heterocycles. The van der Waals surface area contributed by atoms with Gasteiger partial charge in [-0.05, 0) is 6.92 Å². The van der Waals surface area contributed by atoms with Crippen LogP contribution in [0.2, 0.25) is 0 Å². The quantitative estimate of drug-likeness (QED) is 0.437. The van der Waals surface area contributed by atoms with Gasteiger partial charge in [-0.1, -0.05) is 0 Å². The predicted octanol–water partition coefficient (Wildman–Crippen LogP) is -0.502. The molecule has 0 saturated heterocycles. The van der Waals surface area contributed by atoms with Crippen LogP contribution in [-0.2, 0) is 0 Å². The average molecular weight is 126 g/mol. The van der Waals surface area contributed by atoms with Crippen LogP contribution in [0.4, 0.5) is 0 Å². The van der Waals surface area contributed by atoms with Gasteiger partial charge in [0.2, 0.25) is 0 Å². The Labute approximate surface area is 58.7 Å². The highest BCUT2D eigenvalue weighted by molar-refractivity contribution is 5.75. The second-order valence-corrected chi connectivity index (χ2v) is 2.10. The topological polar surface area (TPSA) is 6.48 Å². The zero-order valence-electron chi connectivity index (χ0n) is 5.46. The molecule has 0 N–H and O–H groups in total. The van der Waals surface area contributed by atoms with Crippen molar-refractivity contribution >= 4 is 8.41 Å². The molecule has 0 fully saturated rings. The van der Waals surface area contributed by atoms with Crippen molar-refractivity contribution in [3.8, 4) is 0 Å². The molecule has 0 aromatic carbocycles. The highest BCUT2D eigenvalue weighted by Gasteiger charge is 2.03. The molecular formula is C6H15BN2. The average Bonchev–Trinajstić information content (AvgIpc) is 2.14. The summed E-state index contributed by atoms with van der Waals surface area (Å²) >= 11 is 0. The SMILES string of the molecule is B.CCN1C=CN(C)C1. The van der Waals surface area contributed by atoms with Gasteiger partial charge in [0.1, 0.15) is 0 Å². The van der Waals surface area contributed by atoms with Crippen molar-refractivity contribution in [3.63, 3.8) is 0 Å². The largest absolute Gasteiger partial charge is 0.362 e. The van der Waals surface area contributed by atoms with Crippen LogP contribution in [0.1, 0.15) is 6.92 Å². The Bertz CT molecular complexity index is 103. The van der Waals surface area contributed by atoms with Crippen LogP contribution < -0.4 is 0 Å². The van der Waals surface area contributed by atoms with Gasteiger partial charge >= 0.3 is 0 Å². The summed E-state index contributed by atoms with van der Waals surface area (Å²) in [7, 11) is 2.08. The summed E-state index contributed by atoms with van der Waals surface area (Å²) in [5, 5.41) is 0. The molecule has 0 aliphatic carbocycles. The van der Waals surface area contributed by atoms with Gasteiger partial charge in [0, 0.05) is 26.0 Å². The van der Waals surface area contributed by atoms with Gasteiger partial charge in [-0.15, -0.1) is 0 Å². The summed E-state index contributed by atoms with van der Waals surface area (Å²) in [5.41, 5.74) is 0. The summed E-state index contributed by atoms with van der Waals surface area (Å²) in [6, 6.07) is 0. The van der Waals surface area contributed by atoms with Gasteiger partial charge in [0.25, 0.3) is 0 Å². The molecule has 0 radical (unpaired) electrons. The molecule has 0 atom stereocenters. The van der Waals surface area contributed by atoms with Gasteiger partial charge in [0.05, 0.1) is 15.1 Å². The molecule has 2 nitrogen and oxygen atoms in total. The predicted molar refractivity (Wildman–Crippen MR) is 44.1 cm³/mol. The summed E-state index contributed by atoms with van der Waals surface area (Å²) in [4.78, 5) is 4.41. The van der Waals surface area contributed by atoms with Gasteiger partial charge in [0.15, 0.2) is 0 Å². The van der Waals surface area contributed by atoms with E-state index < -0.39 is 0 Å². The monoisotopic (exact) mass is 126 g/mol. The molecule has 0 aromatic heterocycles. The first-order chi connectivity index (χ1) is 3.83. The van der Waals surface area contributed by atoms with E-state index in [2.05, 4.69) is 36.2 Å². The Morgan fingerprint density at radius 3 is 2.33 bits per heavy atom. The van der Waals surface area contributed by atoms with Gasteiger partial charge in [-0.25, -0.2) is 0 Å². The standard InChI is InChI=1S/C6H12N2.BH3/c1-3-8-5-4-7(2)6-8;/h4-5H,3,6H2,1-2H3;1H3. The summed E-state index contributed by atoms with van der Waals surface area (Å²) < 4.78 is 0. The van der Waals surface area contributed by atoms with E-state index in [0.717, 1.165) is 13.2 Å². The van der Waals surface area contributed by atoms with Crippen LogP contribution in [0, 0.1) is 0 Å². The molecule has 3 heteroatoms. The van der Waals surface area contributed by atoms with Crippen LogP contribution in [0.5, 0.6) is 0 Å². The van der Waals surface area contributed by atoms with Crippen LogP contribution in [0.25, 0.3) is 0 Å².